The maximum absolute atomic E-state index is 13.2. The molecular weight excluding hydrogens is 298 g/mol. The molecule has 2 unspecified atom stereocenters. The Morgan fingerprint density at radius 3 is 2.59 bits per heavy atom. The van der Waals surface area contributed by atoms with Crippen LogP contribution in [-0.4, -0.2) is 34.4 Å². The first-order chi connectivity index (χ1) is 10.5. The van der Waals surface area contributed by atoms with E-state index in [4.69, 9.17) is 0 Å². The van der Waals surface area contributed by atoms with Crippen molar-refractivity contribution in [2.75, 3.05) is 0 Å². The molecule has 1 aromatic heterocycles. The lowest BCUT2D eigenvalue weighted by molar-refractivity contribution is 0.300. The Morgan fingerprint density at radius 2 is 2.00 bits per heavy atom. The molecule has 0 spiro atoms. The summed E-state index contributed by atoms with van der Waals surface area (Å²) in [6.07, 6.45) is 9.20. The van der Waals surface area contributed by atoms with Crippen LogP contribution in [0.5, 0.6) is 0 Å². The minimum Gasteiger partial charge on any atom is -0.331 e. The summed E-state index contributed by atoms with van der Waals surface area (Å²) in [7, 11) is -3.46. The molecule has 5 nitrogen and oxygen atoms in total. The number of hydrogen-bond donors (Lipinski definition) is 0. The van der Waals surface area contributed by atoms with E-state index in [1.165, 1.54) is 0 Å². The van der Waals surface area contributed by atoms with Crippen molar-refractivity contribution in [3.63, 3.8) is 0 Å². The number of hydrogen-bond acceptors (Lipinski definition) is 3. The molecular formula is C16H25N3O2S. The summed E-state index contributed by atoms with van der Waals surface area (Å²) >= 11 is 0. The fraction of sp³-hybridized carbons (Fsp3) is 0.812. The van der Waals surface area contributed by atoms with Gasteiger partial charge in [-0.25, -0.2) is 13.4 Å². The zero-order chi connectivity index (χ0) is 15.5. The van der Waals surface area contributed by atoms with Crippen LogP contribution in [-0.2, 0) is 16.4 Å². The number of fused-ring (bicyclic) bond motifs is 1. The van der Waals surface area contributed by atoms with Gasteiger partial charge in [0.15, 0.2) is 5.03 Å². The van der Waals surface area contributed by atoms with Crippen LogP contribution >= 0.6 is 0 Å². The fourth-order valence-electron chi connectivity index (χ4n) is 3.76. The van der Waals surface area contributed by atoms with Crippen LogP contribution in [0.25, 0.3) is 0 Å². The van der Waals surface area contributed by atoms with Crippen LogP contribution in [0.1, 0.15) is 64.2 Å². The van der Waals surface area contributed by atoms with Crippen molar-refractivity contribution in [2.24, 2.45) is 5.92 Å². The largest absolute Gasteiger partial charge is 0.331 e. The highest BCUT2D eigenvalue weighted by atomic mass is 32.2. The van der Waals surface area contributed by atoms with Crippen molar-refractivity contribution in [3.8, 4) is 0 Å². The normalized spacial score (nSPS) is 27.0. The van der Waals surface area contributed by atoms with Gasteiger partial charge in [0.1, 0.15) is 5.82 Å². The maximum atomic E-state index is 13.2. The topological polar surface area (TPSA) is 55.2 Å². The Hall–Kier alpha value is -0.880. The van der Waals surface area contributed by atoms with Gasteiger partial charge in [0.05, 0.1) is 0 Å². The van der Waals surface area contributed by atoms with Crippen LogP contribution in [0, 0.1) is 5.92 Å². The number of sulfonamides is 1. The van der Waals surface area contributed by atoms with Crippen LogP contribution < -0.4 is 0 Å². The highest BCUT2D eigenvalue weighted by Crippen LogP contribution is 2.42. The summed E-state index contributed by atoms with van der Waals surface area (Å²) in [6.45, 7) is 4.22. The van der Waals surface area contributed by atoms with Crippen molar-refractivity contribution in [2.45, 2.75) is 81.9 Å². The third kappa shape index (κ3) is 2.40. The fourth-order valence-corrected chi connectivity index (χ4v) is 5.66. The number of imidazole rings is 1. The van der Waals surface area contributed by atoms with Crippen molar-refractivity contribution in [1.82, 2.24) is 13.9 Å². The molecule has 0 N–H and O–H groups in total. The van der Waals surface area contributed by atoms with E-state index in [-0.39, 0.29) is 17.1 Å². The molecule has 4 rings (SSSR count). The summed E-state index contributed by atoms with van der Waals surface area (Å²) in [5.41, 5.74) is 0. The molecule has 0 aromatic carbocycles. The van der Waals surface area contributed by atoms with Crippen LogP contribution in [0.3, 0.4) is 0 Å². The van der Waals surface area contributed by atoms with Gasteiger partial charge < -0.3 is 4.57 Å². The molecule has 2 fully saturated rings. The average Bonchev–Trinajstić information content (AvgIpc) is 3.37. The van der Waals surface area contributed by atoms with E-state index in [1.807, 2.05) is 0 Å². The first-order valence-electron chi connectivity index (χ1n) is 8.60. The monoisotopic (exact) mass is 323 g/mol. The Bertz CT molecular complexity index is 674. The van der Waals surface area contributed by atoms with Crippen molar-refractivity contribution in [1.29, 1.82) is 0 Å². The van der Waals surface area contributed by atoms with E-state index in [1.54, 1.807) is 10.5 Å². The van der Waals surface area contributed by atoms with Crippen LogP contribution in [0.2, 0.25) is 0 Å². The molecule has 0 saturated heterocycles. The lowest BCUT2D eigenvalue weighted by Crippen LogP contribution is -2.41. The third-order valence-corrected chi connectivity index (χ3v) is 7.35. The molecule has 2 heterocycles. The van der Waals surface area contributed by atoms with Gasteiger partial charge in [-0.05, 0) is 58.3 Å². The van der Waals surface area contributed by atoms with Gasteiger partial charge in [0.2, 0.25) is 0 Å². The van der Waals surface area contributed by atoms with E-state index in [0.717, 1.165) is 50.8 Å². The predicted molar refractivity (Wildman–Crippen MR) is 84.1 cm³/mol. The minimum atomic E-state index is -3.46. The summed E-state index contributed by atoms with van der Waals surface area (Å²) < 4.78 is 30.2. The van der Waals surface area contributed by atoms with Gasteiger partial charge in [0, 0.05) is 30.7 Å². The highest BCUT2D eigenvalue weighted by Gasteiger charge is 2.46. The van der Waals surface area contributed by atoms with E-state index in [2.05, 4.69) is 23.4 Å². The first-order valence-corrected chi connectivity index (χ1v) is 10.0. The standard InChI is InChI=1S/C16H25N3O2S/c1-11-4-3-5-15-17-16(10-18(11)15)22(20,21)19(14-8-9-14)12(2)13-6-7-13/h10-14H,3-9H2,1-2H3. The van der Waals surface area contributed by atoms with E-state index < -0.39 is 10.0 Å². The smallest absolute Gasteiger partial charge is 0.262 e. The second-order valence-corrected chi connectivity index (χ2v) is 9.08. The molecule has 2 aliphatic carbocycles. The second-order valence-electron chi connectivity index (χ2n) is 7.29. The van der Waals surface area contributed by atoms with Crippen molar-refractivity contribution in [3.05, 3.63) is 12.0 Å². The minimum absolute atomic E-state index is 0.119. The lowest BCUT2D eigenvalue weighted by atomic mass is 10.1. The Balaban J connectivity index is 1.69. The Kier molecular flexibility index (Phi) is 3.38. The van der Waals surface area contributed by atoms with Gasteiger partial charge in [-0.2, -0.15) is 4.31 Å². The van der Waals surface area contributed by atoms with Crippen LogP contribution in [0.4, 0.5) is 0 Å². The first kappa shape index (κ1) is 14.7. The molecule has 1 aromatic rings. The molecule has 1 aliphatic heterocycles. The summed E-state index contributed by atoms with van der Waals surface area (Å²) in [5, 5.41) is 0.274. The van der Waals surface area contributed by atoms with Gasteiger partial charge in [-0.3, -0.25) is 0 Å². The number of aromatic nitrogens is 2. The number of aryl methyl sites for hydroxylation is 1. The van der Waals surface area contributed by atoms with Gasteiger partial charge in [-0.15, -0.1) is 0 Å². The summed E-state index contributed by atoms with van der Waals surface area (Å²) in [5.74, 6) is 1.48. The lowest BCUT2D eigenvalue weighted by Gasteiger charge is -2.27. The Morgan fingerprint density at radius 1 is 1.27 bits per heavy atom. The quantitative estimate of drug-likeness (QED) is 0.837. The molecule has 3 aliphatic rings. The molecule has 6 heteroatoms. The molecule has 122 valence electrons. The molecule has 2 saturated carbocycles. The van der Waals surface area contributed by atoms with Crippen molar-refractivity contribution < 1.29 is 8.42 Å². The SMILES string of the molecule is CC(C1CC1)N(C1CC1)S(=O)(=O)c1cn2c(n1)CCCC2C. The average molecular weight is 323 g/mol. The predicted octanol–water partition coefficient (Wildman–Crippen LogP) is 2.73. The van der Waals surface area contributed by atoms with Gasteiger partial charge >= 0.3 is 0 Å². The van der Waals surface area contributed by atoms with Crippen LogP contribution in [0.15, 0.2) is 11.2 Å². The second kappa shape index (κ2) is 5.06. The van der Waals surface area contributed by atoms with E-state index in [9.17, 15) is 8.42 Å². The zero-order valence-electron chi connectivity index (χ0n) is 13.4. The maximum Gasteiger partial charge on any atom is 0.262 e. The van der Waals surface area contributed by atoms with Gasteiger partial charge in [0.25, 0.3) is 10.0 Å². The van der Waals surface area contributed by atoms with E-state index >= 15 is 0 Å². The van der Waals surface area contributed by atoms with E-state index in [0.29, 0.717) is 12.0 Å². The van der Waals surface area contributed by atoms with Gasteiger partial charge in [-0.1, -0.05) is 0 Å². The number of nitrogens with zero attached hydrogens (tertiary/aromatic N) is 3. The molecule has 22 heavy (non-hydrogen) atoms. The summed E-state index contributed by atoms with van der Waals surface area (Å²) in [6, 6.07) is 0.681. The molecule has 2 atom stereocenters. The zero-order valence-corrected chi connectivity index (χ0v) is 14.2. The molecule has 0 amide bonds. The molecule has 0 radical (unpaired) electrons. The Labute approximate surface area is 132 Å². The molecule has 0 bridgehead atoms. The summed E-state index contributed by atoms with van der Waals surface area (Å²) in [4.78, 5) is 4.50. The highest BCUT2D eigenvalue weighted by molar-refractivity contribution is 7.89. The van der Waals surface area contributed by atoms with Crippen molar-refractivity contribution >= 4 is 10.0 Å². The number of rotatable bonds is 5. The third-order valence-electron chi connectivity index (χ3n) is 5.44.